The average Bonchev–Trinajstić information content (AvgIpc) is 2.37. The van der Waals surface area contributed by atoms with Crippen molar-refractivity contribution in [3.63, 3.8) is 0 Å². The molecule has 0 unspecified atom stereocenters. The van der Waals surface area contributed by atoms with E-state index in [4.69, 9.17) is 4.55 Å². The summed E-state index contributed by atoms with van der Waals surface area (Å²) >= 11 is 0. The Labute approximate surface area is 134 Å². The van der Waals surface area contributed by atoms with E-state index in [1.165, 1.54) is 12.1 Å². The standard InChI is InChI=1S/C13H13NO3S.Na/c15-18(16,17)13-8-6-12(7-9-13)14-10-11-4-2-1-3-5-11;/h1-9,14H,10H2,(H,15,16,17);. The van der Waals surface area contributed by atoms with Gasteiger partial charge in [-0.2, -0.15) is 8.42 Å². The van der Waals surface area contributed by atoms with Gasteiger partial charge in [-0.15, -0.1) is 0 Å². The quantitative estimate of drug-likeness (QED) is 0.667. The van der Waals surface area contributed by atoms with Crippen molar-refractivity contribution < 1.29 is 13.0 Å². The Morgan fingerprint density at radius 2 is 1.53 bits per heavy atom. The Morgan fingerprint density at radius 1 is 0.947 bits per heavy atom. The van der Waals surface area contributed by atoms with E-state index in [1.54, 1.807) is 12.1 Å². The molecular weight excluding hydrogens is 273 g/mol. The topological polar surface area (TPSA) is 66.4 Å². The summed E-state index contributed by atoms with van der Waals surface area (Å²) in [4.78, 5) is -0.104. The minimum absolute atomic E-state index is 0. The molecule has 0 aliphatic rings. The van der Waals surface area contributed by atoms with Crippen LogP contribution in [0.5, 0.6) is 0 Å². The van der Waals surface area contributed by atoms with Gasteiger partial charge in [0.05, 0.1) is 4.90 Å². The molecule has 0 aliphatic carbocycles. The summed E-state index contributed by atoms with van der Waals surface area (Å²) in [6.07, 6.45) is 0. The number of hydrogen-bond acceptors (Lipinski definition) is 3. The van der Waals surface area contributed by atoms with E-state index < -0.39 is 10.1 Å². The molecule has 4 nitrogen and oxygen atoms in total. The van der Waals surface area contributed by atoms with E-state index in [1.807, 2.05) is 30.3 Å². The molecule has 0 saturated carbocycles. The third kappa shape index (κ3) is 4.97. The first-order valence-electron chi connectivity index (χ1n) is 5.41. The summed E-state index contributed by atoms with van der Waals surface area (Å²) in [5.41, 5.74) is 1.93. The Balaban J connectivity index is 0.00000180. The molecule has 0 heterocycles. The van der Waals surface area contributed by atoms with Crippen LogP contribution >= 0.6 is 0 Å². The van der Waals surface area contributed by atoms with Crippen LogP contribution in [0.25, 0.3) is 0 Å². The fraction of sp³-hybridized carbons (Fsp3) is 0.0769. The third-order valence-corrected chi connectivity index (χ3v) is 3.36. The fourth-order valence-corrected chi connectivity index (χ4v) is 2.02. The van der Waals surface area contributed by atoms with Crippen LogP contribution in [-0.2, 0) is 16.7 Å². The van der Waals surface area contributed by atoms with Crippen LogP contribution in [0.1, 0.15) is 5.56 Å². The van der Waals surface area contributed by atoms with E-state index in [9.17, 15) is 8.42 Å². The zero-order valence-corrected chi connectivity index (χ0v) is 13.4. The molecule has 0 bridgehead atoms. The molecule has 0 amide bonds. The van der Waals surface area contributed by atoms with Gasteiger partial charge in [0, 0.05) is 41.8 Å². The van der Waals surface area contributed by atoms with E-state index in [0.29, 0.717) is 6.54 Å². The maximum absolute atomic E-state index is 10.9. The fourth-order valence-electron chi connectivity index (χ4n) is 1.54. The molecule has 2 N–H and O–H groups in total. The number of hydrogen-bond donors (Lipinski definition) is 2. The molecule has 0 atom stereocenters. The number of rotatable bonds is 4. The van der Waals surface area contributed by atoms with E-state index in [2.05, 4.69) is 5.32 Å². The smallest absolute Gasteiger partial charge is 0.294 e. The molecule has 95 valence electrons. The minimum Gasteiger partial charge on any atom is -0.381 e. The second-order valence-corrected chi connectivity index (χ2v) is 5.26. The SMILES string of the molecule is O=S(=O)(O)c1ccc(NCc2ccccc2)cc1.[Na]. The Hall–Kier alpha value is -0.850. The van der Waals surface area contributed by atoms with Crippen molar-refractivity contribution in [2.45, 2.75) is 11.4 Å². The number of benzene rings is 2. The summed E-state index contributed by atoms with van der Waals surface area (Å²) in [5, 5.41) is 3.16. The molecule has 0 spiro atoms. The summed E-state index contributed by atoms with van der Waals surface area (Å²) in [5.74, 6) is 0. The minimum atomic E-state index is -4.11. The first-order valence-corrected chi connectivity index (χ1v) is 6.85. The summed E-state index contributed by atoms with van der Waals surface area (Å²) in [6, 6.07) is 15.8. The van der Waals surface area contributed by atoms with Crippen LogP contribution in [0.2, 0.25) is 0 Å². The van der Waals surface area contributed by atoms with Crippen molar-refractivity contribution in [1.82, 2.24) is 0 Å². The second-order valence-electron chi connectivity index (χ2n) is 3.84. The molecule has 2 aromatic rings. The van der Waals surface area contributed by atoms with Crippen molar-refractivity contribution in [3.8, 4) is 0 Å². The van der Waals surface area contributed by atoms with Gasteiger partial charge in [-0.1, -0.05) is 30.3 Å². The van der Waals surface area contributed by atoms with Crippen LogP contribution in [-0.4, -0.2) is 42.5 Å². The van der Waals surface area contributed by atoms with Gasteiger partial charge in [-0.3, -0.25) is 4.55 Å². The Kier molecular flexibility index (Phi) is 6.03. The first-order chi connectivity index (χ1) is 8.55. The van der Waals surface area contributed by atoms with Crippen molar-refractivity contribution in [1.29, 1.82) is 0 Å². The Morgan fingerprint density at radius 3 is 2.05 bits per heavy atom. The Bertz CT molecular complexity index is 612. The normalized spacial score (nSPS) is 10.6. The predicted molar refractivity (Wildman–Crippen MR) is 75.8 cm³/mol. The number of anilines is 1. The monoisotopic (exact) mass is 286 g/mol. The zero-order chi connectivity index (χ0) is 13.0. The van der Waals surface area contributed by atoms with Gasteiger partial charge in [0.15, 0.2) is 0 Å². The molecule has 0 fully saturated rings. The van der Waals surface area contributed by atoms with Crippen LogP contribution in [0.15, 0.2) is 59.5 Å². The average molecular weight is 286 g/mol. The van der Waals surface area contributed by atoms with Crippen LogP contribution in [0.3, 0.4) is 0 Å². The molecule has 0 aromatic heterocycles. The molecular formula is C13H13NNaO3S. The molecule has 0 saturated heterocycles. The van der Waals surface area contributed by atoms with E-state index in [-0.39, 0.29) is 34.5 Å². The van der Waals surface area contributed by atoms with Gasteiger partial charge in [0.1, 0.15) is 0 Å². The van der Waals surface area contributed by atoms with Crippen molar-refractivity contribution in [2.24, 2.45) is 0 Å². The maximum Gasteiger partial charge on any atom is 0.294 e. The van der Waals surface area contributed by atoms with Crippen LogP contribution < -0.4 is 5.32 Å². The second kappa shape index (κ2) is 7.07. The number of nitrogens with one attached hydrogen (secondary N) is 1. The van der Waals surface area contributed by atoms with Gasteiger partial charge in [0.25, 0.3) is 10.1 Å². The van der Waals surface area contributed by atoms with Crippen molar-refractivity contribution in [2.75, 3.05) is 5.32 Å². The predicted octanol–water partition coefficient (Wildman–Crippen LogP) is 2.16. The molecule has 19 heavy (non-hydrogen) atoms. The first kappa shape index (κ1) is 16.2. The van der Waals surface area contributed by atoms with Crippen molar-refractivity contribution in [3.05, 3.63) is 60.2 Å². The molecule has 2 rings (SSSR count). The van der Waals surface area contributed by atoms with Crippen LogP contribution in [0, 0.1) is 0 Å². The van der Waals surface area contributed by atoms with Crippen molar-refractivity contribution >= 4 is 45.4 Å². The largest absolute Gasteiger partial charge is 0.381 e. The molecule has 0 aliphatic heterocycles. The summed E-state index contributed by atoms with van der Waals surface area (Å²) in [7, 11) is -4.11. The van der Waals surface area contributed by atoms with E-state index >= 15 is 0 Å². The van der Waals surface area contributed by atoms with Gasteiger partial charge in [0.2, 0.25) is 0 Å². The summed E-state index contributed by atoms with van der Waals surface area (Å²) < 4.78 is 30.6. The molecule has 6 heteroatoms. The van der Waals surface area contributed by atoms with E-state index in [0.717, 1.165) is 11.3 Å². The zero-order valence-electron chi connectivity index (χ0n) is 10.6. The third-order valence-electron chi connectivity index (χ3n) is 2.49. The summed E-state index contributed by atoms with van der Waals surface area (Å²) in [6.45, 7) is 0.659. The van der Waals surface area contributed by atoms with Gasteiger partial charge in [-0.05, 0) is 29.8 Å². The molecule has 1 radical (unpaired) electrons. The van der Waals surface area contributed by atoms with Gasteiger partial charge >= 0.3 is 0 Å². The van der Waals surface area contributed by atoms with Gasteiger partial charge < -0.3 is 5.32 Å². The maximum atomic E-state index is 10.9. The molecule has 2 aromatic carbocycles. The van der Waals surface area contributed by atoms with Gasteiger partial charge in [-0.25, -0.2) is 0 Å². The van der Waals surface area contributed by atoms with Crippen LogP contribution in [0.4, 0.5) is 5.69 Å².